The fourth-order valence-corrected chi connectivity index (χ4v) is 2.32. The summed E-state index contributed by atoms with van der Waals surface area (Å²) in [5.74, 6) is 0.317. The van der Waals surface area contributed by atoms with Crippen LogP contribution < -0.4 is 10.1 Å². The summed E-state index contributed by atoms with van der Waals surface area (Å²) in [6, 6.07) is 17.2. The van der Waals surface area contributed by atoms with E-state index in [1.54, 1.807) is 13.2 Å². The normalized spacial score (nSPS) is 11.4. The van der Waals surface area contributed by atoms with Crippen molar-refractivity contribution in [3.8, 4) is 5.75 Å². The summed E-state index contributed by atoms with van der Waals surface area (Å²) in [5.41, 5.74) is 2.75. The molecule has 4 heteroatoms. The second-order valence-electron chi connectivity index (χ2n) is 5.88. The first-order chi connectivity index (χ1) is 12.6. The smallest absolute Gasteiger partial charge is 0.165 e. The standard InChI is InChI=1S/C22H23NO3/c1-17(23-16-19-6-4-3-5-7-19)14-21(25)15-20(24)11-8-18-9-12-22(26-2)13-10-18/h3-14,23H,15-16H2,1-2H3/b11-8+,17-14-. The number of methoxy groups -OCH3 is 1. The van der Waals surface area contributed by atoms with Crippen molar-refractivity contribution >= 4 is 17.6 Å². The third-order valence-electron chi connectivity index (χ3n) is 3.72. The molecule has 0 spiro atoms. The van der Waals surface area contributed by atoms with Gasteiger partial charge in [0.05, 0.1) is 13.5 Å². The molecule has 0 bridgehead atoms. The molecule has 26 heavy (non-hydrogen) atoms. The molecule has 0 aliphatic carbocycles. The Bertz CT molecular complexity index is 790. The lowest BCUT2D eigenvalue weighted by Gasteiger charge is -2.06. The van der Waals surface area contributed by atoms with Gasteiger partial charge in [0.15, 0.2) is 11.6 Å². The van der Waals surface area contributed by atoms with Crippen molar-refractivity contribution < 1.29 is 14.3 Å². The zero-order valence-electron chi connectivity index (χ0n) is 15.1. The van der Waals surface area contributed by atoms with Crippen LogP contribution in [0.5, 0.6) is 5.75 Å². The van der Waals surface area contributed by atoms with Crippen LogP contribution in [0.4, 0.5) is 0 Å². The van der Waals surface area contributed by atoms with Gasteiger partial charge < -0.3 is 10.1 Å². The lowest BCUT2D eigenvalue weighted by Crippen LogP contribution is -2.13. The van der Waals surface area contributed by atoms with Crippen LogP contribution in [0, 0.1) is 0 Å². The van der Waals surface area contributed by atoms with Crippen molar-refractivity contribution in [3.05, 3.63) is 83.6 Å². The first-order valence-corrected chi connectivity index (χ1v) is 8.40. The summed E-state index contributed by atoms with van der Waals surface area (Å²) in [4.78, 5) is 23.9. The molecule has 0 saturated carbocycles. The van der Waals surface area contributed by atoms with Crippen LogP contribution in [-0.2, 0) is 16.1 Å². The third kappa shape index (κ3) is 6.77. The van der Waals surface area contributed by atoms with E-state index in [1.807, 2.05) is 61.5 Å². The molecule has 0 heterocycles. The molecule has 0 radical (unpaired) electrons. The maximum atomic E-state index is 12.0. The van der Waals surface area contributed by atoms with Crippen LogP contribution in [0.3, 0.4) is 0 Å². The fourth-order valence-electron chi connectivity index (χ4n) is 2.32. The number of ketones is 2. The van der Waals surface area contributed by atoms with E-state index >= 15 is 0 Å². The molecule has 134 valence electrons. The highest BCUT2D eigenvalue weighted by molar-refractivity contribution is 6.09. The summed E-state index contributed by atoms with van der Waals surface area (Å²) in [5, 5.41) is 3.17. The molecule has 0 atom stereocenters. The Kier molecular flexibility index (Phi) is 7.37. The zero-order valence-corrected chi connectivity index (χ0v) is 15.1. The number of hydrogen-bond donors (Lipinski definition) is 1. The van der Waals surface area contributed by atoms with Crippen molar-refractivity contribution in [1.82, 2.24) is 5.32 Å². The molecule has 0 fully saturated rings. The number of benzene rings is 2. The van der Waals surface area contributed by atoms with Gasteiger partial charge in [-0.3, -0.25) is 9.59 Å². The first kappa shape index (κ1) is 19.2. The molecule has 1 N–H and O–H groups in total. The number of ether oxygens (including phenoxy) is 1. The third-order valence-corrected chi connectivity index (χ3v) is 3.72. The fraction of sp³-hybridized carbons (Fsp3) is 0.182. The lowest BCUT2D eigenvalue weighted by atomic mass is 10.1. The van der Waals surface area contributed by atoms with Gasteiger partial charge in [-0.25, -0.2) is 0 Å². The minimum absolute atomic E-state index is 0.142. The van der Waals surface area contributed by atoms with Crippen LogP contribution >= 0.6 is 0 Å². The van der Waals surface area contributed by atoms with E-state index in [1.165, 1.54) is 12.2 Å². The summed E-state index contributed by atoms with van der Waals surface area (Å²) in [6.45, 7) is 2.46. The topological polar surface area (TPSA) is 55.4 Å². The summed E-state index contributed by atoms with van der Waals surface area (Å²) >= 11 is 0. The largest absolute Gasteiger partial charge is 0.497 e. The Hall–Kier alpha value is -3.14. The molecular weight excluding hydrogens is 326 g/mol. The molecule has 2 aromatic carbocycles. The number of carbonyl (C=O) groups is 2. The van der Waals surface area contributed by atoms with Gasteiger partial charge in [-0.2, -0.15) is 0 Å². The predicted octanol–water partition coefficient (Wildman–Crippen LogP) is 3.93. The van der Waals surface area contributed by atoms with Crippen LogP contribution in [0.25, 0.3) is 6.08 Å². The first-order valence-electron chi connectivity index (χ1n) is 8.40. The van der Waals surface area contributed by atoms with Crippen LogP contribution in [-0.4, -0.2) is 18.7 Å². The molecule has 0 unspecified atom stereocenters. The van der Waals surface area contributed by atoms with Crippen molar-refractivity contribution in [2.24, 2.45) is 0 Å². The Morgan fingerprint density at radius 2 is 1.69 bits per heavy atom. The van der Waals surface area contributed by atoms with Gasteiger partial charge in [-0.15, -0.1) is 0 Å². The van der Waals surface area contributed by atoms with E-state index < -0.39 is 0 Å². The maximum absolute atomic E-state index is 12.0. The summed E-state index contributed by atoms with van der Waals surface area (Å²) in [6.07, 6.45) is 4.46. The van der Waals surface area contributed by atoms with Gasteiger partial charge >= 0.3 is 0 Å². The van der Waals surface area contributed by atoms with Gasteiger partial charge in [0.2, 0.25) is 0 Å². The van der Waals surface area contributed by atoms with Crippen molar-refractivity contribution in [2.45, 2.75) is 19.9 Å². The molecular formula is C22H23NO3. The number of allylic oxidation sites excluding steroid dienone is 3. The molecule has 0 saturated heterocycles. The van der Waals surface area contributed by atoms with Gasteiger partial charge in [0.25, 0.3) is 0 Å². The van der Waals surface area contributed by atoms with Crippen molar-refractivity contribution in [2.75, 3.05) is 7.11 Å². The molecule has 2 aromatic rings. The summed E-state index contributed by atoms with van der Waals surface area (Å²) in [7, 11) is 1.60. The zero-order chi connectivity index (χ0) is 18.8. The van der Waals surface area contributed by atoms with E-state index in [-0.39, 0.29) is 18.0 Å². The molecule has 0 aliphatic heterocycles. The number of rotatable bonds is 9. The number of hydrogen-bond acceptors (Lipinski definition) is 4. The van der Waals surface area contributed by atoms with Crippen LogP contribution in [0.1, 0.15) is 24.5 Å². The Labute approximate surface area is 154 Å². The average Bonchev–Trinajstić information content (AvgIpc) is 2.66. The molecule has 0 aliphatic rings. The monoisotopic (exact) mass is 349 g/mol. The molecule has 4 nitrogen and oxygen atoms in total. The van der Waals surface area contributed by atoms with Crippen LogP contribution in [0.15, 0.2) is 72.4 Å². The number of carbonyl (C=O) groups excluding carboxylic acids is 2. The SMILES string of the molecule is COc1ccc(/C=C/C(=O)CC(=O)/C=C(/C)NCc2ccccc2)cc1. The Balaban J connectivity index is 1.81. The maximum Gasteiger partial charge on any atom is 0.165 e. The average molecular weight is 349 g/mol. The van der Waals surface area contributed by atoms with E-state index in [2.05, 4.69) is 5.32 Å². The Morgan fingerprint density at radius 3 is 2.35 bits per heavy atom. The quantitative estimate of drug-likeness (QED) is 0.550. The van der Waals surface area contributed by atoms with Crippen LogP contribution in [0.2, 0.25) is 0 Å². The minimum atomic E-state index is -0.224. The van der Waals surface area contributed by atoms with Gasteiger partial charge in [-0.05, 0) is 36.3 Å². The van der Waals surface area contributed by atoms with E-state index in [0.29, 0.717) is 6.54 Å². The Morgan fingerprint density at radius 1 is 1.00 bits per heavy atom. The predicted molar refractivity (Wildman–Crippen MR) is 104 cm³/mol. The van der Waals surface area contributed by atoms with E-state index in [4.69, 9.17) is 4.74 Å². The van der Waals surface area contributed by atoms with Gasteiger partial charge in [0.1, 0.15) is 5.75 Å². The highest BCUT2D eigenvalue weighted by atomic mass is 16.5. The van der Waals surface area contributed by atoms with Gasteiger partial charge in [0, 0.05) is 18.3 Å². The van der Waals surface area contributed by atoms with Gasteiger partial charge in [-0.1, -0.05) is 48.5 Å². The molecule has 0 aromatic heterocycles. The second kappa shape index (κ2) is 9.99. The second-order valence-corrected chi connectivity index (χ2v) is 5.88. The molecule has 2 rings (SSSR count). The highest BCUT2D eigenvalue weighted by Crippen LogP contribution is 2.12. The minimum Gasteiger partial charge on any atom is -0.497 e. The molecule has 0 amide bonds. The van der Waals surface area contributed by atoms with E-state index in [9.17, 15) is 9.59 Å². The number of nitrogens with one attached hydrogen (secondary N) is 1. The lowest BCUT2D eigenvalue weighted by molar-refractivity contribution is -0.121. The van der Waals surface area contributed by atoms with Crippen molar-refractivity contribution in [3.63, 3.8) is 0 Å². The summed E-state index contributed by atoms with van der Waals surface area (Å²) < 4.78 is 5.08. The highest BCUT2D eigenvalue weighted by Gasteiger charge is 2.05. The van der Waals surface area contributed by atoms with Crippen molar-refractivity contribution in [1.29, 1.82) is 0 Å². The van der Waals surface area contributed by atoms with E-state index in [0.717, 1.165) is 22.6 Å².